The van der Waals surface area contributed by atoms with Crippen molar-refractivity contribution in [1.82, 2.24) is 5.43 Å². The second kappa shape index (κ2) is 6.35. The predicted octanol–water partition coefficient (Wildman–Crippen LogP) is 2.88. The van der Waals surface area contributed by atoms with Gasteiger partial charge >= 0.3 is 0 Å². The quantitative estimate of drug-likeness (QED) is 0.660. The topological polar surface area (TPSA) is 47.3 Å². The van der Waals surface area contributed by atoms with E-state index in [4.69, 9.17) is 10.6 Å². The number of benzene rings is 1. The van der Waals surface area contributed by atoms with Crippen LogP contribution < -0.4 is 11.3 Å². The van der Waals surface area contributed by atoms with E-state index in [1.165, 1.54) is 5.56 Å². The zero-order valence-corrected chi connectivity index (χ0v) is 13.4. The minimum absolute atomic E-state index is 0.230. The van der Waals surface area contributed by atoms with Gasteiger partial charge in [-0.25, -0.2) is 0 Å². The first kappa shape index (κ1) is 15.0. The molecular weight excluding hydrogens is 304 g/mol. The molecule has 1 aromatic carbocycles. The fraction of sp³-hybridized carbons (Fsp3) is 0.600. The third-order valence-corrected chi connectivity index (χ3v) is 5.17. The number of hydrogen-bond acceptors (Lipinski definition) is 3. The van der Waals surface area contributed by atoms with Crippen LogP contribution in [0.2, 0.25) is 0 Å². The van der Waals surface area contributed by atoms with Gasteiger partial charge in [0.05, 0.1) is 12.2 Å². The monoisotopic (exact) mass is 326 g/mol. The molecular formula is C15H23BrN2O. The molecule has 0 bridgehead atoms. The maximum absolute atomic E-state index is 5.93. The molecule has 1 aromatic rings. The molecule has 0 saturated carbocycles. The van der Waals surface area contributed by atoms with Gasteiger partial charge in [-0.05, 0) is 37.8 Å². The van der Waals surface area contributed by atoms with Gasteiger partial charge < -0.3 is 4.74 Å². The SMILES string of the molecule is CC1OC(C)C(C(Cc2ccccc2Br)NN)C1C. The number of ether oxygens (including phenoxy) is 1. The van der Waals surface area contributed by atoms with E-state index in [2.05, 4.69) is 60.3 Å². The first-order valence-electron chi connectivity index (χ1n) is 6.89. The molecule has 0 aromatic heterocycles. The Kier molecular flexibility index (Phi) is 5.01. The Balaban J connectivity index is 2.15. The number of nitrogens with one attached hydrogen (secondary N) is 1. The van der Waals surface area contributed by atoms with Crippen LogP contribution in [0.1, 0.15) is 26.3 Å². The van der Waals surface area contributed by atoms with Gasteiger partial charge in [0.25, 0.3) is 0 Å². The molecule has 0 aliphatic carbocycles. The predicted molar refractivity (Wildman–Crippen MR) is 81.6 cm³/mol. The van der Waals surface area contributed by atoms with E-state index >= 15 is 0 Å². The lowest BCUT2D eigenvalue weighted by atomic mass is 9.81. The third kappa shape index (κ3) is 3.19. The maximum atomic E-state index is 5.93. The average Bonchev–Trinajstić information content (AvgIpc) is 2.63. The van der Waals surface area contributed by atoms with E-state index in [0.29, 0.717) is 17.9 Å². The Bertz CT molecular complexity index is 426. The van der Waals surface area contributed by atoms with Gasteiger partial charge in [0, 0.05) is 16.4 Å². The largest absolute Gasteiger partial charge is 0.375 e. The van der Waals surface area contributed by atoms with Crippen LogP contribution in [0.5, 0.6) is 0 Å². The van der Waals surface area contributed by atoms with Gasteiger partial charge in [-0.1, -0.05) is 41.1 Å². The van der Waals surface area contributed by atoms with Gasteiger partial charge in [0.15, 0.2) is 0 Å². The molecule has 1 aliphatic heterocycles. The molecule has 2 rings (SSSR count). The highest BCUT2D eigenvalue weighted by molar-refractivity contribution is 9.10. The molecule has 1 saturated heterocycles. The molecule has 5 unspecified atom stereocenters. The summed E-state index contributed by atoms with van der Waals surface area (Å²) in [5, 5.41) is 0. The molecule has 0 spiro atoms. The number of hydrazine groups is 1. The smallest absolute Gasteiger partial charge is 0.0597 e. The lowest BCUT2D eigenvalue weighted by Crippen LogP contribution is -2.46. The summed E-state index contributed by atoms with van der Waals surface area (Å²) in [5.74, 6) is 6.75. The summed E-state index contributed by atoms with van der Waals surface area (Å²) in [6.07, 6.45) is 1.46. The number of rotatable bonds is 4. The molecule has 4 heteroatoms. The lowest BCUT2D eigenvalue weighted by molar-refractivity contribution is 0.0475. The summed E-state index contributed by atoms with van der Waals surface area (Å²) in [5.41, 5.74) is 4.28. The molecule has 1 aliphatic rings. The van der Waals surface area contributed by atoms with Crippen molar-refractivity contribution in [2.45, 2.75) is 45.4 Å². The molecule has 5 atom stereocenters. The van der Waals surface area contributed by atoms with Gasteiger partial charge in [-0.3, -0.25) is 11.3 Å². The van der Waals surface area contributed by atoms with Crippen molar-refractivity contribution in [3.63, 3.8) is 0 Å². The normalized spacial score (nSPS) is 32.5. The molecule has 106 valence electrons. The highest BCUT2D eigenvalue weighted by atomic mass is 79.9. The summed E-state index contributed by atoms with van der Waals surface area (Å²) < 4.78 is 7.07. The molecule has 1 heterocycles. The zero-order chi connectivity index (χ0) is 14.0. The Morgan fingerprint density at radius 2 is 1.95 bits per heavy atom. The summed E-state index contributed by atoms with van der Waals surface area (Å²) in [7, 11) is 0. The first-order chi connectivity index (χ1) is 9.04. The molecule has 19 heavy (non-hydrogen) atoms. The standard InChI is InChI=1S/C15H23BrN2O/c1-9-10(2)19-11(3)15(9)14(18-17)8-12-6-4-5-7-13(12)16/h4-7,9-11,14-15,18H,8,17H2,1-3H3. The van der Waals surface area contributed by atoms with Crippen molar-refractivity contribution in [2.24, 2.45) is 17.7 Å². The second-order valence-corrected chi connectivity index (χ2v) is 6.41. The Morgan fingerprint density at radius 1 is 1.26 bits per heavy atom. The first-order valence-corrected chi connectivity index (χ1v) is 7.69. The van der Waals surface area contributed by atoms with Crippen LogP contribution in [-0.4, -0.2) is 18.2 Å². The minimum Gasteiger partial charge on any atom is -0.375 e. The highest BCUT2D eigenvalue weighted by Crippen LogP contribution is 2.35. The lowest BCUT2D eigenvalue weighted by Gasteiger charge is -2.28. The number of hydrogen-bond donors (Lipinski definition) is 2. The molecule has 1 fully saturated rings. The summed E-state index contributed by atoms with van der Waals surface area (Å²) >= 11 is 3.60. The summed E-state index contributed by atoms with van der Waals surface area (Å²) in [6.45, 7) is 6.55. The van der Waals surface area contributed by atoms with Crippen LogP contribution in [-0.2, 0) is 11.2 Å². The molecule has 3 nitrogen and oxygen atoms in total. The van der Waals surface area contributed by atoms with Gasteiger partial charge in [0.1, 0.15) is 0 Å². The van der Waals surface area contributed by atoms with Crippen LogP contribution in [0, 0.1) is 11.8 Å². The van der Waals surface area contributed by atoms with E-state index in [9.17, 15) is 0 Å². The Labute approximate surface area is 124 Å². The van der Waals surface area contributed by atoms with Gasteiger partial charge in [-0.15, -0.1) is 0 Å². The number of nitrogens with two attached hydrogens (primary N) is 1. The molecule has 0 amide bonds. The zero-order valence-electron chi connectivity index (χ0n) is 11.8. The Morgan fingerprint density at radius 3 is 2.47 bits per heavy atom. The van der Waals surface area contributed by atoms with Crippen molar-refractivity contribution in [2.75, 3.05) is 0 Å². The minimum atomic E-state index is 0.230. The van der Waals surface area contributed by atoms with E-state index in [1.54, 1.807) is 0 Å². The van der Waals surface area contributed by atoms with E-state index in [1.807, 2.05) is 6.07 Å². The second-order valence-electron chi connectivity index (χ2n) is 5.55. The molecule has 0 radical (unpaired) electrons. The van der Waals surface area contributed by atoms with Crippen LogP contribution in [0.4, 0.5) is 0 Å². The Hall–Kier alpha value is -0.420. The van der Waals surface area contributed by atoms with Crippen molar-refractivity contribution >= 4 is 15.9 Å². The van der Waals surface area contributed by atoms with Gasteiger partial charge in [-0.2, -0.15) is 0 Å². The average molecular weight is 327 g/mol. The van der Waals surface area contributed by atoms with E-state index in [-0.39, 0.29) is 12.1 Å². The van der Waals surface area contributed by atoms with E-state index in [0.717, 1.165) is 10.9 Å². The summed E-state index contributed by atoms with van der Waals surface area (Å²) in [4.78, 5) is 0. The van der Waals surface area contributed by atoms with Crippen molar-refractivity contribution in [3.8, 4) is 0 Å². The van der Waals surface area contributed by atoms with Crippen LogP contribution >= 0.6 is 15.9 Å². The maximum Gasteiger partial charge on any atom is 0.0597 e. The van der Waals surface area contributed by atoms with Crippen LogP contribution in [0.25, 0.3) is 0 Å². The van der Waals surface area contributed by atoms with Crippen molar-refractivity contribution < 1.29 is 4.74 Å². The molecule has 3 N–H and O–H groups in total. The van der Waals surface area contributed by atoms with Gasteiger partial charge in [0.2, 0.25) is 0 Å². The fourth-order valence-electron chi connectivity index (χ4n) is 3.19. The fourth-order valence-corrected chi connectivity index (χ4v) is 3.64. The number of halogens is 1. The summed E-state index contributed by atoms with van der Waals surface area (Å²) in [6, 6.07) is 8.54. The van der Waals surface area contributed by atoms with Crippen LogP contribution in [0.15, 0.2) is 28.7 Å². The van der Waals surface area contributed by atoms with Crippen molar-refractivity contribution in [3.05, 3.63) is 34.3 Å². The third-order valence-electron chi connectivity index (χ3n) is 4.40. The highest BCUT2D eigenvalue weighted by Gasteiger charge is 2.41. The van der Waals surface area contributed by atoms with Crippen LogP contribution in [0.3, 0.4) is 0 Å². The van der Waals surface area contributed by atoms with E-state index < -0.39 is 0 Å². The van der Waals surface area contributed by atoms with Crippen molar-refractivity contribution in [1.29, 1.82) is 0 Å².